The Kier molecular flexibility index (Phi) is 5.67. The average Bonchev–Trinajstić information content (AvgIpc) is 2.15. The van der Waals surface area contributed by atoms with Crippen molar-refractivity contribution < 1.29 is 27.0 Å². The number of carbonyl (C=O) groups is 1. The second kappa shape index (κ2) is 6.23. The molecule has 5 heteroatoms. The first-order chi connectivity index (χ1) is 6.24. The molecular formula is C9H11ClNO3-. The SMILES string of the molecule is NCCOc1cccc(C(=O)O)c1.[Cl-]. The van der Waals surface area contributed by atoms with Crippen molar-refractivity contribution in [3.63, 3.8) is 0 Å². The summed E-state index contributed by atoms with van der Waals surface area (Å²) in [5.41, 5.74) is 5.45. The van der Waals surface area contributed by atoms with E-state index in [1.54, 1.807) is 12.1 Å². The van der Waals surface area contributed by atoms with E-state index < -0.39 is 5.97 Å². The normalized spacial score (nSPS) is 8.93. The molecule has 0 saturated heterocycles. The summed E-state index contributed by atoms with van der Waals surface area (Å²) in [7, 11) is 0. The summed E-state index contributed by atoms with van der Waals surface area (Å²) in [6, 6.07) is 6.31. The number of carboxylic acids is 1. The molecule has 0 fully saturated rings. The zero-order chi connectivity index (χ0) is 9.68. The molecule has 4 nitrogen and oxygen atoms in total. The fourth-order valence-electron chi connectivity index (χ4n) is 0.896. The van der Waals surface area contributed by atoms with Gasteiger partial charge in [-0.3, -0.25) is 0 Å². The van der Waals surface area contributed by atoms with Gasteiger partial charge in [0.1, 0.15) is 12.4 Å². The van der Waals surface area contributed by atoms with Crippen LogP contribution in [0.25, 0.3) is 0 Å². The van der Waals surface area contributed by atoms with Crippen LogP contribution in [0, 0.1) is 0 Å². The third kappa shape index (κ3) is 3.64. The molecular weight excluding hydrogens is 206 g/mol. The molecule has 0 aliphatic rings. The standard InChI is InChI=1S/C9H11NO3.ClH/c10-4-5-13-8-3-1-2-7(6-8)9(11)12;/h1-3,6H,4-5,10H2,(H,11,12);1H/p-1. The lowest BCUT2D eigenvalue weighted by Gasteiger charge is -2.04. The molecule has 0 heterocycles. The summed E-state index contributed by atoms with van der Waals surface area (Å²) in [6.07, 6.45) is 0. The Morgan fingerprint density at radius 1 is 1.50 bits per heavy atom. The van der Waals surface area contributed by atoms with Gasteiger partial charge in [0.25, 0.3) is 0 Å². The van der Waals surface area contributed by atoms with E-state index in [1.165, 1.54) is 12.1 Å². The minimum atomic E-state index is -0.960. The highest BCUT2D eigenvalue weighted by Gasteiger charge is 2.02. The molecule has 1 aromatic carbocycles. The molecule has 1 rings (SSSR count). The lowest BCUT2D eigenvalue weighted by molar-refractivity contribution is -0.0000186. The maximum Gasteiger partial charge on any atom is 0.335 e. The van der Waals surface area contributed by atoms with Crippen LogP contribution in [0.3, 0.4) is 0 Å². The van der Waals surface area contributed by atoms with E-state index in [-0.39, 0.29) is 18.0 Å². The fraction of sp³-hybridized carbons (Fsp3) is 0.222. The van der Waals surface area contributed by atoms with Crippen LogP contribution in [0.15, 0.2) is 24.3 Å². The molecule has 0 bridgehead atoms. The first kappa shape index (κ1) is 12.7. The van der Waals surface area contributed by atoms with Crippen LogP contribution in [0.2, 0.25) is 0 Å². The van der Waals surface area contributed by atoms with E-state index in [9.17, 15) is 4.79 Å². The van der Waals surface area contributed by atoms with Crippen molar-refractivity contribution >= 4 is 5.97 Å². The van der Waals surface area contributed by atoms with Gasteiger partial charge in [-0.1, -0.05) is 6.07 Å². The summed E-state index contributed by atoms with van der Waals surface area (Å²) >= 11 is 0. The van der Waals surface area contributed by atoms with Crippen molar-refractivity contribution in [3.05, 3.63) is 29.8 Å². The molecule has 1 aromatic rings. The number of nitrogens with two attached hydrogens (primary N) is 1. The second-order valence-corrected chi connectivity index (χ2v) is 2.47. The molecule has 0 aliphatic carbocycles. The van der Waals surface area contributed by atoms with Crippen LogP contribution in [0.4, 0.5) is 0 Å². The number of benzene rings is 1. The van der Waals surface area contributed by atoms with E-state index in [4.69, 9.17) is 15.6 Å². The van der Waals surface area contributed by atoms with E-state index in [1.807, 2.05) is 0 Å². The van der Waals surface area contributed by atoms with E-state index in [2.05, 4.69) is 0 Å². The Balaban J connectivity index is 0.00000169. The van der Waals surface area contributed by atoms with Gasteiger partial charge in [-0.25, -0.2) is 4.79 Å². The van der Waals surface area contributed by atoms with Crippen LogP contribution < -0.4 is 22.9 Å². The molecule has 14 heavy (non-hydrogen) atoms. The Labute approximate surface area is 88.1 Å². The summed E-state index contributed by atoms with van der Waals surface area (Å²) in [5, 5.41) is 8.65. The predicted octanol–water partition coefficient (Wildman–Crippen LogP) is -2.27. The highest BCUT2D eigenvalue weighted by atomic mass is 35.5. The molecule has 0 spiro atoms. The zero-order valence-electron chi connectivity index (χ0n) is 7.44. The third-order valence-electron chi connectivity index (χ3n) is 1.47. The summed E-state index contributed by atoms with van der Waals surface area (Å²) < 4.78 is 5.16. The van der Waals surface area contributed by atoms with Crippen molar-refractivity contribution in [1.29, 1.82) is 0 Å². The van der Waals surface area contributed by atoms with Crippen LogP contribution in [-0.4, -0.2) is 24.2 Å². The molecule has 0 aliphatic heterocycles. The Morgan fingerprint density at radius 3 is 2.79 bits per heavy atom. The van der Waals surface area contributed by atoms with Crippen molar-refractivity contribution in [2.45, 2.75) is 0 Å². The van der Waals surface area contributed by atoms with Crippen LogP contribution in [-0.2, 0) is 0 Å². The first-order valence-electron chi connectivity index (χ1n) is 3.90. The molecule has 0 amide bonds. The van der Waals surface area contributed by atoms with E-state index >= 15 is 0 Å². The molecule has 0 atom stereocenters. The lowest BCUT2D eigenvalue weighted by Crippen LogP contribution is -3.00. The monoisotopic (exact) mass is 216 g/mol. The van der Waals surface area contributed by atoms with Crippen LogP contribution >= 0.6 is 0 Å². The molecule has 0 aromatic heterocycles. The Morgan fingerprint density at radius 2 is 2.21 bits per heavy atom. The Bertz CT molecular complexity index is 304. The number of carboxylic acid groups (broad SMARTS) is 1. The molecule has 0 saturated carbocycles. The number of ether oxygens (including phenoxy) is 1. The van der Waals surface area contributed by atoms with Gasteiger partial charge in [0, 0.05) is 6.54 Å². The van der Waals surface area contributed by atoms with Gasteiger partial charge in [0.05, 0.1) is 5.56 Å². The van der Waals surface area contributed by atoms with Gasteiger partial charge < -0.3 is 28.0 Å². The first-order valence-corrected chi connectivity index (χ1v) is 3.90. The third-order valence-corrected chi connectivity index (χ3v) is 1.47. The smallest absolute Gasteiger partial charge is 0.335 e. The zero-order valence-corrected chi connectivity index (χ0v) is 8.20. The molecule has 3 N–H and O–H groups in total. The largest absolute Gasteiger partial charge is 1.00 e. The van der Waals surface area contributed by atoms with Crippen molar-refractivity contribution in [1.82, 2.24) is 0 Å². The van der Waals surface area contributed by atoms with Gasteiger partial charge in [0.2, 0.25) is 0 Å². The quantitative estimate of drug-likeness (QED) is 0.595. The summed E-state index contributed by atoms with van der Waals surface area (Å²) in [5.74, 6) is -0.427. The molecule has 0 unspecified atom stereocenters. The number of hydrogen-bond donors (Lipinski definition) is 2. The minimum Gasteiger partial charge on any atom is -1.00 e. The Hall–Kier alpha value is -1.26. The van der Waals surface area contributed by atoms with Gasteiger partial charge in [0.15, 0.2) is 0 Å². The van der Waals surface area contributed by atoms with Crippen LogP contribution in [0.5, 0.6) is 5.75 Å². The summed E-state index contributed by atoms with van der Waals surface area (Å²) in [6.45, 7) is 0.806. The van der Waals surface area contributed by atoms with Crippen LogP contribution in [0.1, 0.15) is 10.4 Å². The highest BCUT2D eigenvalue weighted by molar-refractivity contribution is 5.87. The highest BCUT2D eigenvalue weighted by Crippen LogP contribution is 2.12. The fourth-order valence-corrected chi connectivity index (χ4v) is 0.896. The van der Waals surface area contributed by atoms with Gasteiger partial charge >= 0.3 is 5.97 Å². The van der Waals surface area contributed by atoms with Gasteiger partial charge in [-0.05, 0) is 18.2 Å². The number of aromatic carboxylic acids is 1. The summed E-state index contributed by atoms with van der Waals surface area (Å²) in [4.78, 5) is 10.5. The van der Waals surface area contributed by atoms with Gasteiger partial charge in [-0.15, -0.1) is 0 Å². The molecule has 78 valence electrons. The van der Waals surface area contributed by atoms with Gasteiger partial charge in [-0.2, -0.15) is 0 Å². The van der Waals surface area contributed by atoms with E-state index in [0.29, 0.717) is 18.9 Å². The average molecular weight is 217 g/mol. The number of hydrogen-bond acceptors (Lipinski definition) is 3. The predicted molar refractivity (Wildman–Crippen MR) is 48.0 cm³/mol. The maximum absolute atomic E-state index is 10.5. The topological polar surface area (TPSA) is 72.5 Å². The van der Waals surface area contributed by atoms with Crippen molar-refractivity contribution in [3.8, 4) is 5.75 Å². The number of rotatable bonds is 4. The van der Waals surface area contributed by atoms with Crippen molar-refractivity contribution in [2.75, 3.05) is 13.2 Å². The van der Waals surface area contributed by atoms with Crippen molar-refractivity contribution in [2.24, 2.45) is 5.73 Å². The maximum atomic E-state index is 10.5. The molecule has 0 radical (unpaired) electrons. The van der Waals surface area contributed by atoms with E-state index in [0.717, 1.165) is 0 Å². The second-order valence-electron chi connectivity index (χ2n) is 2.47. The minimum absolute atomic E-state index is 0. The lowest BCUT2D eigenvalue weighted by atomic mass is 10.2. The number of halogens is 1.